The van der Waals surface area contributed by atoms with Crippen LogP contribution in [-0.2, 0) is 23.1 Å². The number of carbonyl (C=O) groups excluding carboxylic acids is 1. The second-order valence-corrected chi connectivity index (χ2v) is 6.71. The van der Waals surface area contributed by atoms with Crippen LogP contribution in [0.2, 0.25) is 0 Å². The Morgan fingerprint density at radius 3 is 2.29 bits per heavy atom. The average molecular weight is 308 g/mol. The molecule has 0 spiro atoms. The van der Waals surface area contributed by atoms with Crippen molar-refractivity contribution >= 4 is 24.3 Å². The zero-order valence-corrected chi connectivity index (χ0v) is 13.0. The molecular weight excluding hydrogens is 291 g/mol. The maximum Gasteiger partial charge on any atom is 0.375 e. The maximum atomic E-state index is 12.7. The minimum Gasteiger partial charge on any atom is -0.445 e. The first-order chi connectivity index (χ1) is 10.0. The van der Waals surface area contributed by atoms with E-state index in [0.717, 1.165) is 10.8 Å². The molecule has 21 heavy (non-hydrogen) atoms. The molecule has 0 saturated heterocycles. The van der Waals surface area contributed by atoms with Crippen LogP contribution in [-0.4, -0.2) is 20.2 Å². The van der Waals surface area contributed by atoms with Gasteiger partial charge in [-0.05, 0) is 10.8 Å². The maximum absolute atomic E-state index is 12.7. The van der Waals surface area contributed by atoms with Crippen LogP contribution < -0.4 is 0 Å². The second-order valence-electron chi connectivity index (χ2n) is 4.44. The zero-order chi connectivity index (χ0) is 15.5. The summed E-state index contributed by atoms with van der Waals surface area (Å²) in [5.74, 6) is -1.65. The molecule has 112 valence electrons. The number of ether oxygens (including phenoxy) is 1. The molecule has 2 aromatic rings. The molecule has 2 aromatic carbocycles. The van der Waals surface area contributed by atoms with Gasteiger partial charge in [-0.25, -0.2) is 0 Å². The van der Waals surface area contributed by atoms with Gasteiger partial charge in [-0.1, -0.05) is 42.5 Å². The third-order valence-corrected chi connectivity index (χ3v) is 5.14. The Bertz CT molecular complexity index is 684. The predicted molar refractivity (Wildman–Crippen MR) is 80.1 cm³/mol. The number of esters is 1. The Kier molecular flexibility index (Phi) is 4.78. The van der Waals surface area contributed by atoms with E-state index in [4.69, 9.17) is 13.8 Å². The van der Waals surface area contributed by atoms with Gasteiger partial charge in [0.15, 0.2) is 0 Å². The number of benzene rings is 2. The molecule has 0 saturated carbocycles. The molecule has 5 nitrogen and oxygen atoms in total. The molecule has 0 unspecified atom stereocenters. The van der Waals surface area contributed by atoms with Gasteiger partial charge < -0.3 is 13.8 Å². The van der Waals surface area contributed by atoms with Crippen molar-refractivity contribution in [3.8, 4) is 0 Å². The van der Waals surface area contributed by atoms with Crippen LogP contribution in [0.1, 0.15) is 18.3 Å². The van der Waals surface area contributed by atoms with Crippen molar-refractivity contribution in [2.24, 2.45) is 0 Å². The van der Waals surface area contributed by atoms with Crippen LogP contribution in [0.5, 0.6) is 0 Å². The van der Waals surface area contributed by atoms with Gasteiger partial charge in [0.05, 0.1) is 0 Å². The SMILES string of the molecule is COP(=O)(OC)[C@H](OC(C)=O)c1cccc2ccccc12. The van der Waals surface area contributed by atoms with Gasteiger partial charge in [0.25, 0.3) is 0 Å². The molecule has 0 amide bonds. The van der Waals surface area contributed by atoms with Crippen molar-refractivity contribution < 1.29 is 23.1 Å². The van der Waals surface area contributed by atoms with Crippen LogP contribution in [0.25, 0.3) is 10.8 Å². The van der Waals surface area contributed by atoms with Crippen LogP contribution in [0.15, 0.2) is 42.5 Å². The molecule has 0 aliphatic heterocycles. The lowest BCUT2D eigenvalue weighted by Gasteiger charge is -2.25. The highest BCUT2D eigenvalue weighted by molar-refractivity contribution is 7.54. The van der Waals surface area contributed by atoms with Gasteiger partial charge in [-0.3, -0.25) is 9.36 Å². The van der Waals surface area contributed by atoms with Gasteiger partial charge in [0.2, 0.25) is 5.85 Å². The molecule has 0 radical (unpaired) electrons. The quantitative estimate of drug-likeness (QED) is 0.619. The average Bonchev–Trinajstić information content (AvgIpc) is 2.51. The van der Waals surface area contributed by atoms with E-state index in [-0.39, 0.29) is 0 Å². The van der Waals surface area contributed by atoms with E-state index in [0.29, 0.717) is 5.56 Å². The molecule has 0 aliphatic rings. The molecule has 0 aromatic heterocycles. The van der Waals surface area contributed by atoms with Crippen LogP contribution in [0, 0.1) is 0 Å². The van der Waals surface area contributed by atoms with Gasteiger partial charge in [-0.15, -0.1) is 0 Å². The van der Waals surface area contributed by atoms with E-state index in [9.17, 15) is 9.36 Å². The minimum atomic E-state index is -3.61. The van der Waals surface area contributed by atoms with Crippen molar-refractivity contribution in [2.75, 3.05) is 14.2 Å². The summed E-state index contributed by atoms with van der Waals surface area (Å²) in [7, 11) is -1.07. The Labute approximate surface area is 123 Å². The summed E-state index contributed by atoms with van der Waals surface area (Å²) in [5.41, 5.74) is 0.593. The van der Waals surface area contributed by atoms with Gasteiger partial charge in [0.1, 0.15) is 0 Å². The molecule has 0 bridgehead atoms. The molecule has 2 rings (SSSR count). The van der Waals surface area contributed by atoms with E-state index in [1.807, 2.05) is 36.4 Å². The van der Waals surface area contributed by atoms with Crippen molar-refractivity contribution in [2.45, 2.75) is 12.8 Å². The fraction of sp³-hybridized carbons (Fsp3) is 0.267. The summed E-state index contributed by atoms with van der Waals surface area (Å²) in [5, 5.41) is 1.78. The van der Waals surface area contributed by atoms with E-state index < -0.39 is 19.4 Å². The normalized spacial score (nSPS) is 13.1. The summed E-state index contributed by atoms with van der Waals surface area (Å²) < 4.78 is 28.0. The molecule has 0 N–H and O–H groups in total. The van der Waals surface area contributed by atoms with E-state index in [2.05, 4.69) is 0 Å². The lowest BCUT2D eigenvalue weighted by molar-refractivity contribution is -0.143. The molecule has 0 heterocycles. The van der Waals surface area contributed by atoms with Crippen molar-refractivity contribution in [1.29, 1.82) is 0 Å². The van der Waals surface area contributed by atoms with Crippen LogP contribution in [0.3, 0.4) is 0 Å². The van der Waals surface area contributed by atoms with E-state index in [1.54, 1.807) is 6.07 Å². The highest BCUT2D eigenvalue weighted by Crippen LogP contribution is 2.61. The molecule has 1 atom stereocenters. The first-order valence-electron chi connectivity index (χ1n) is 6.38. The van der Waals surface area contributed by atoms with Crippen molar-refractivity contribution in [3.05, 3.63) is 48.0 Å². The Balaban J connectivity index is 2.64. The number of carbonyl (C=O) groups is 1. The third-order valence-electron chi connectivity index (χ3n) is 3.16. The number of fused-ring (bicyclic) bond motifs is 1. The first-order valence-corrected chi connectivity index (χ1v) is 7.99. The third kappa shape index (κ3) is 3.16. The highest BCUT2D eigenvalue weighted by Gasteiger charge is 2.39. The summed E-state index contributed by atoms with van der Waals surface area (Å²) in [4.78, 5) is 11.4. The monoisotopic (exact) mass is 308 g/mol. The predicted octanol–water partition coefficient (Wildman–Crippen LogP) is 3.89. The van der Waals surface area contributed by atoms with Gasteiger partial charge in [-0.2, -0.15) is 0 Å². The lowest BCUT2D eigenvalue weighted by Crippen LogP contribution is -2.11. The molecular formula is C15H17O5P. The summed E-state index contributed by atoms with van der Waals surface area (Å²) >= 11 is 0. The zero-order valence-electron chi connectivity index (χ0n) is 12.1. The second kappa shape index (κ2) is 6.39. The molecule has 0 fully saturated rings. The molecule has 0 aliphatic carbocycles. The fourth-order valence-corrected chi connectivity index (χ4v) is 3.56. The standard InChI is InChI=1S/C15H17O5P/c1-11(16)20-15(21(17,18-2)19-3)14-10-6-8-12-7-4-5-9-13(12)14/h4-10,15H,1-3H3/t15-/m0/s1. The van der Waals surface area contributed by atoms with Crippen molar-refractivity contribution in [3.63, 3.8) is 0 Å². The fourth-order valence-electron chi connectivity index (χ4n) is 2.19. The van der Waals surface area contributed by atoms with E-state index in [1.165, 1.54) is 21.1 Å². The largest absolute Gasteiger partial charge is 0.445 e. The highest BCUT2D eigenvalue weighted by atomic mass is 31.2. The topological polar surface area (TPSA) is 61.8 Å². The Hall–Kier alpha value is -1.68. The van der Waals surface area contributed by atoms with E-state index >= 15 is 0 Å². The van der Waals surface area contributed by atoms with Crippen molar-refractivity contribution in [1.82, 2.24) is 0 Å². The lowest BCUT2D eigenvalue weighted by atomic mass is 10.1. The Morgan fingerprint density at radius 1 is 1.05 bits per heavy atom. The van der Waals surface area contributed by atoms with Crippen LogP contribution in [0.4, 0.5) is 0 Å². The minimum absolute atomic E-state index is 0.553. The van der Waals surface area contributed by atoms with Gasteiger partial charge >= 0.3 is 13.6 Å². The summed E-state index contributed by atoms with van der Waals surface area (Å²) in [6.45, 7) is 1.26. The smallest absolute Gasteiger partial charge is 0.375 e. The summed E-state index contributed by atoms with van der Waals surface area (Å²) in [6.07, 6.45) is 0. The Morgan fingerprint density at radius 2 is 1.67 bits per heavy atom. The first kappa shape index (κ1) is 15.7. The van der Waals surface area contributed by atoms with Crippen LogP contribution >= 0.6 is 7.60 Å². The number of rotatable bonds is 5. The van der Waals surface area contributed by atoms with Gasteiger partial charge in [0, 0.05) is 26.7 Å². The molecule has 6 heteroatoms. The number of hydrogen-bond acceptors (Lipinski definition) is 5. The number of hydrogen-bond donors (Lipinski definition) is 0. The summed E-state index contributed by atoms with van der Waals surface area (Å²) in [6, 6.07) is 13.0.